The van der Waals surface area contributed by atoms with Gasteiger partial charge in [0.1, 0.15) is 0 Å². The van der Waals surface area contributed by atoms with Gasteiger partial charge in [-0.15, -0.1) is 0 Å². The summed E-state index contributed by atoms with van der Waals surface area (Å²) < 4.78 is 5.35. The van der Waals surface area contributed by atoms with Gasteiger partial charge in [0.05, 0.1) is 20.3 Å². The van der Waals surface area contributed by atoms with Gasteiger partial charge in [0.15, 0.2) is 0 Å². The highest BCUT2D eigenvalue weighted by molar-refractivity contribution is 5.72. The summed E-state index contributed by atoms with van der Waals surface area (Å²) in [6, 6.07) is 7.79. The Bertz CT molecular complexity index is 433. The van der Waals surface area contributed by atoms with E-state index in [9.17, 15) is 4.79 Å². The number of morpholine rings is 1. The smallest absolute Gasteiger partial charge is 0.338 e. The van der Waals surface area contributed by atoms with Crippen LogP contribution in [0.3, 0.4) is 0 Å². The number of hydroxylamine groups is 1. The van der Waals surface area contributed by atoms with Crippen LogP contribution in [0.15, 0.2) is 24.3 Å². The SMILES string of the molecule is CONC(=O)NCc1ccccc1CN1CCOCC1. The average Bonchev–Trinajstić information content (AvgIpc) is 2.48. The number of urea groups is 1. The molecule has 0 aliphatic carbocycles. The van der Waals surface area contributed by atoms with E-state index in [0.29, 0.717) is 6.54 Å². The normalized spacial score (nSPS) is 15.8. The molecule has 1 aromatic rings. The van der Waals surface area contributed by atoms with Crippen LogP contribution < -0.4 is 10.8 Å². The van der Waals surface area contributed by atoms with Crippen molar-refractivity contribution >= 4 is 6.03 Å². The quantitative estimate of drug-likeness (QED) is 0.785. The lowest BCUT2D eigenvalue weighted by molar-refractivity contribution is 0.0340. The van der Waals surface area contributed by atoms with Crippen LogP contribution in [0.2, 0.25) is 0 Å². The first-order valence-corrected chi connectivity index (χ1v) is 6.73. The summed E-state index contributed by atoms with van der Waals surface area (Å²) >= 11 is 0. The Labute approximate surface area is 119 Å². The zero-order chi connectivity index (χ0) is 14.2. The second-order valence-electron chi connectivity index (χ2n) is 4.65. The lowest BCUT2D eigenvalue weighted by Gasteiger charge is -2.27. The minimum atomic E-state index is -0.339. The van der Waals surface area contributed by atoms with Gasteiger partial charge < -0.3 is 10.1 Å². The van der Waals surface area contributed by atoms with Gasteiger partial charge in [0.2, 0.25) is 0 Å². The van der Waals surface area contributed by atoms with Gasteiger partial charge in [-0.3, -0.25) is 9.74 Å². The summed E-state index contributed by atoms with van der Waals surface area (Å²) in [5.41, 5.74) is 4.58. The van der Waals surface area contributed by atoms with E-state index in [4.69, 9.17) is 4.74 Å². The highest BCUT2D eigenvalue weighted by Gasteiger charge is 2.12. The van der Waals surface area contributed by atoms with E-state index in [1.165, 1.54) is 12.7 Å². The van der Waals surface area contributed by atoms with Crippen molar-refractivity contribution in [2.75, 3.05) is 33.4 Å². The zero-order valence-electron chi connectivity index (χ0n) is 11.7. The van der Waals surface area contributed by atoms with E-state index in [2.05, 4.69) is 26.6 Å². The molecule has 0 unspecified atom stereocenters. The van der Waals surface area contributed by atoms with Gasteiger partial charge in [0.25, 0.3) is 0 Å². The number of nitrogens with zero attached hydrogens (tertiary/aromatic N) is 1. The number of nitrogens with one attached hydrogen (secondary N) is 2. The van der Waals surface area contributed by atoms with Gasteiger partial charge >= 0.3 is 6.03 Å². The molecule has 20 heavy (non-hydrogen) atoms. The monoisotopic (exact) mass is 279 g/mol. The third-order valence-electron chi connectivity index (χ3n) is 3.25. The number of ether oxygens (including phenoxy) is 1. The molecule has 2 N–H and O–H groups in total. The number of benzene rings is 1. The largest absolute Gasteiger partial charge is 0.379 e. The first kappa shape index (κ1) is 14.8. The molecular formula is C14H21N3O3. The molecule has 6 heteroatoms. The molecule has 2 rings (SSSR count). The maximum atomic E-state index is 11.3. The van der Waals surface area contributed by atoms with Gasteiger partial charge in [-0.1, -0.05) is 24.3 Å². The fourth-order valence-corrected chi connectivity index (χ4v) is 2.19. The number of amides is 2. The molecule has 0 aromatic heterocycles. The van der Waals surface area contributed by atoms with E-state index in [1.807, 2.05) is 18.2 Å². The number of hydrogen-bond acceptors (Lipinski definition) is 4. The first-order chi connectivity index (χ1) is 9.79. The molecule has 6 nitrogen and oxygen atoms in total. The molecule has 1 fully saturated rings. The fraction of sp³-hybridized carbons (Fsp3) is 0.500. The molecule has 0 spiro atoms. The zero-order valence-corrected chi connectivity index (χ0v) is 11.7. The predicted octanol–water partition coefficient (Wildman–Crippen LogP) is 0.879. The minimum absolute atomic E-state index is 0.339. The van der Waals surface area contributed by atoms with Gasteiger partial charge in [-0.25, -0.2) is 10.3 Å². The van der Waals surface area contributed by atoms with Crippen LogP contribution in [0.4, 0.5) is 4.79 Å². The van der Waals surface area contributed by atoms with Crippen LogP contribution in [-0.4, -0.2) is 44.3 Å². The van der Waals surface area contributed by atoms with Crippen molar-refractivity contribution in [3.8, 4) is 0 Å². The second-order valence-corrected chi connectivity index (χ2v) is 4.65. The third-order valence-corrected chi connectivity index (χ3v) is 3.25. The van der Waals surface area contributed by atoms with Crippen LogP contribution in [0, 0.1) is 0 Å². The van der Waals surface area contributed by atoms with E-state index in [1.54, 1.807) is 0 Å². The van der Waals surface area contributed by atoms with Crippen LogP contribution in [0.1, 0.15) is 11.1 Å². The van der Waals surface area contributed by atoms with Crippen molar-refractivity contribution < 1.29 is 14.4 Å². The van der Waals surface area contributed by atoms with Crippen molar-refractivity contribution in [3.05, 3.63) is 35.4 Å². The standard InChI is InChI=1S/C14H21N3O3/c1-19-16-14(18)15-10-12-4-2-3-5-13(12)11-17-6-8-20-9-7-17/h2-5H,6-11H2,1H3,(H2,15,16,18). The Morgan fingerprint density at radius 3 is 2.70 bits per heavy atom. The third kappa shape index (κ3) is 4.48. The topological polar surface area (TPSA) is 62.8 Å². The minimum Gasteiger partial charge on any atom is -0.379 e. The summed E-state index contributed by atoms with van der Waals surface area (Å²) in [5, 5.41) is 2.76. The summed E-state index contributed by atoms with van der Waals surface area (Å²) in [4.78, 5) is 18.3. The van der Waals surface area contributed by atoms with Crippen molar-refractivity contribution in [3.63, 3.8) is 0 Å². The van der Waals surface area contributed by atoms with E-state index in [0.717, 1.165) is 38.4 Å². The highest BCUT2D eigenvalue weighted by Crippen LogP contribution is 2.12. The highest BCUT2D eigenvalue weighted by atomic mass is 16.6. The Kier molecular flexibility index (Phi) is 5.79. The number of hydrogen-bond donors (Lipinski definition) is 2. The van der Waals surface area contributed by atoms with Gasteiger partial charge in [0, 0.05) is 26.2 Å². The molecule has 1 aromatic carbocycles. The lowest BCUT2D eigenvalue weighted by Crippen LogP contribution is -2.36. The maximum Gasteiger partial charge on any atom is 0.338 e. The predicted molar refractivity (Wildman–Crippen MR) is 74.9 cm³/mol. The molecule has 110 valence electrons. The molecule has 2 amide bonds. The van der Waals surface area contributed by atoms with Crippen LogP contribution in [-0.2, 0) is 22.7 Å². The number of rotatable bonds is 5. The summed E-state index contributed by atoms with van der Waals surface area (Å²) in [6.45, 7) is 4.84. The fourth-order valence-electron chi connectivity index (χ4n) is 2.19. The van der Waals surface area contributed by atoms with E-state index < -0.39 is 0 Å². The maximum absolute atomic E-state index is 11.3. The van der Waals surface area contributed by atoms with Gasteiger partial charge in [-0.05, 0) is 11.1 Å². The Morgan fingerprint density at radius 2 is 2.00 bits per heavy atom. The van der Waals surface area contributed by atoms with Crippen LogP contribution in [0.25, 0.3) is 0 Å². The average molecular weight is 279 g/mol. The molecule has 1 saturated heterocycles. The summed E-state index contributed by atoms with van der Waals surface area (Å²) in [7, 11) is 1.41. The molecule has 0 radical (unpaired) electrons. The second kappa shape index (κ2) is 7.84. The van der Waals surface area contributed by atoms with Crippen molar-refractivity contribution in [1.29, 1.82) is 0 Å². The van der Waals surface area contributed by atoms with Crippen LogP contribution >= 0.6 is 0 Å². The Hall–Kier alpha value is -1.63. The van der Waals surface area contributed by atoms with E-state index in [-0.39, 0.29) is 6.03 Å². The molecule has 0 bridgehead atoms. The van der Waals surface area contributed by atoms with Crippen molar-refractivity contribution in [1.82, 2.24) is 15.7 Å². The molecule has 1 heterocycles. The number of carbonyl (C=O) groups excluding carboxylic acids is 1. The Morgan fingerprint density at radius 1 is 1.30 bits per heavy atom. The van der Waals surface area contributed by atoms with Gasteiger partial charge in [-0.2, -0.15) is 0 Å². The Balaban J connectivity index is 1.93. The molecule has 1 aliphatic rings. The van der Waals surface area contributed by atoms with Crippen molar-refractivity contribution in [2.24, 2.45) is 0 Å². The summed E-state index contributed by atoms with van der Waals surface area (Å²) in [6.07, 6.45) is 0. The summed E-state index contributed by atoms with van der Waals surface area (Å²) in [5.74, 6) is 0. The first-order valence-electron chi connectivity index (χ1n) is 6.73. The van der Waals surface area contributed by atoms with Crippen molar-refractivity contribution in [2.45, 2.75) is 13.1 Å². The van der Waals surface area contributed by atoms with E-state index >= 15 is 0 Å². The molecule has 1 aliphatic heterocycles. The lowest BCUT2D eigenvalue weighted by atomic mass is 10.1. The van der Waals surface area contributed by atoms with Crippen LogP contribution in [0.5, 0.6) is 0 Å². The molecule has 0 saturated carbocycles. The molecule has 0 atom stereocenters. The number of carbonyl (C=O) groups is 1. The molecular weight excluding hydrogens is 258 g/mol.